The number of amides is 2. The Morgan fingerprint density at radius 2 is 1.65 bits per heavy atom. The van der Waals surface area contributed by atoms with Crippen LogP contribution in [0.3, 0.4) is 0 Å². The molecule has 1 fully saturated rings. The molecule has 2 aliphatic rings. The number of benzene rings is 1. The van der Waals surface area contributed by atoms with Crippen molar-refractivity contribution in [2.24, 2.45) is 0 Å². The molecule has 1 aromatic rings. The molecular formula is C15H15FN2O2. The first-order chi connectivity index (χ1) is 9.68. The number of fused-ring (bicyclic) bond motifs is 1. The maximum atomic E-state index is 14.2. The molecule has 0 radical (unpaired) electrons. The van der Waals surface area contributed by atoms with Crippen molar-refractivity contribution in [1.82, 2.24) is 10.2 Å². The molecule has 0 spiro atoms. The molecular weight excluding hydrogens is 259 g/mol. The minimum Gasteiger partial charge on any atom is -0.316 e. The Morgan fingerprint density at radius 3 is 2.20 bits per heavy atom. The van der Waals surface area contributed by atoms with Crippen molar-refractivity contribution in [1.29, 1.82) is 0 Å². The molecule has 0 atom stereocenters. The smallest absolute Gasteiger partial charge is 0.261 e. The van der Waals surface area contributed by atoms with Crippen molar-refractivity contribution < 1.29 is 14.0 Å². The Labute approximate surface area is 116 Å². The Balaban J connectivity index is 1.83. The topological polar surface area (TPSA) is 49.4 Å². The third-order valence-electron chi connectivity index (χ3n) is 3.77. The van der Waals surface area contributed by atoms with E-state index in [4.69, 9.17) is 0 Å². The fraction of sp³-hybridized carbons (Fsp3) is 0.333. The largest absolute Gasteiger partial charge is 0.316 e. The van der Waals surface area contributed by atoms with Gasteiger partial charge in [0.15, 0.2) is 0 Å². The van der Waals surface area contributed by atoms with E-state index in [1.54, 1.807) is 24.3 Å². The van der Waals surface area contributed by atoms with Crippen molar-refractivity contribution in [2.45, 2.75) is 12.8 Å². The number of rotatable bonds is 2. The fourth-order valence-electron chi connectivity index (χ4n) is 2.63. The molecule has 2 amide bonds. The van der Waals surface area contributed by atoms with Crippen LogP contribution in [0.2, 0.25) is 0 Å². The van der Waals surface area contributed by atoms with E-state index in [9.17, 15) is 14.0 Å². The van der Waals surface area contributed by atoms with E-state index >= 15 is 0 Å². The van der Waals surface area contributed by atoms with E-state index in [0.29, 0.717) is 29.5 Å². The van der Waals surface area contributed by atoms with Gasteiger partial charge in [0.05, 0.1) is 17.7 Å². The summed E-state index contributed by atoms with van der Waals surface area (Å²) in [6.07, 6.45) is 1.27. The molecule has 0 unspecified atom stereocenters. The average molecular weight is 274 g/mol. The summed E-state index contributed by atoms with van der Waals surface area (Å²) in [4.78, 5) is 25.3. The van der Waals surface area contributed by atoms with Gasteiger partial charge in [-0.25, -0.2) is 4.39 Å². The molecule has 5 heteroatoms. The van der Waals surface area contributed by atoms with E-state index in [1.165, 1.54) is 0 Å². The highest BCUT2D eigenvalue weighted by atomic mass is 19.1. The number of hydrogen-bond donors (Lipinski definition) is 1. The summed E-state index contributed by atoms with van der Waals surface area (Å²) in [5.41, 5.74) is 1.43. The number of piperidine rings is 1. The number of carbonyl (C=O) groups excluding carboxylic acids is 2. The number of imide groups is 1. The quantitative estimate of drug-likeness (QED) is 0.838. The summed E-state index contributed by atoms with van der Waals surface area (Å²) in [5, 5.41) is 3.15. The van der Waals surface area contributed by atoms with E-state index in [1.807, 2.05) is 0 Å². The summed E-state index contributed by atoms with van der Waals surface area (Å²) >= 11 is 0. The highest BCUT2D eigenvalue weighted by Gasteiger charge is 2.35. The van der Waals surface area contributed by atoms with Crippen LogP contribution in [0.4, 0.5) is 4.39 Å². The fourth-order valence-corrected chi connectivity index (χ4v) is 2.63. The van der Waals surface area contributed by atoms with Gasteiger partial charge in [0.2, 0.25) is 0 Å². The zero-order chi connectivity index (χ0) is 14.1. The predicted octanol–water partition coefficient (Wildman–Crippen LogP) is 1.89. The molecule has 0 bridgehead atoms. The van der Waals surface area contributed by atoms with Crippen molar-refractivity contribution in [3.05, 3.63) is 46.8 Å². The summed E-state index contributed by atoms with van der Waals surface area (Å²) in [6, 6.07) is 6.61. The van der Waals surface area contributed by atoms with Gasteiger partial charge in [0, 0.05) is 0 Å². The molecule has 1 aromatic carbocycles. The lowest BCUT2D eigenvalue weighted by molar-refractivity contribution is 0.0659. The van der Waals surface area contributed by atoms with Crippen molar-refractivity contribution >= 4 is 11.8 Å². The van der Waals surface area contributed by atoms with Gasteiger partial charge in [-0.2, -0.15) is 0 Å². The lowest BCUT2D eigenvalue weighted by Crippen LogP contribution is -2.32. The first-order valence-electron chi connectivity index (χ1n) is 6.71. The maximum Gasteiger partial charge on any atom is 0.261 e. The Hall–Kier alpha value is -2.01. The van der Waals surface area contributed by atoms with Crippen LogP contribution < -0.4 is 5.32 Å². The molecule has 1 saturated heterocycles. The zero-order valence-electron chi connectivity index (χ0n) is 11.0. The minimum absolute atomic E-state index is 0.248. The lowest BCUT2D eigenvalue weighted by atomic mass is 10.0. The van der Waals surface area contributed by atoms with Crippen LogP contribution >= 0.6 is 0 Å². The molecule has 4 nitrogen and oxygen atoms in total. The number of nitrogens with zero attached hydrogens (tertiary/aromatic N) is 1. The monoisotopic (exact) mass is 274 g/mol. The molecule has 104 valence electrons. The van der Waals surface area contributed by atoms with Gasteiger partial charge < -0.3 is 5.32 Å². The van der Waals surface area contributed by atoms with E-state index < -0.39 is 11.8 Å². The van der Waals surface area contributed by atoms with Crippen LogP contribution in [-0.2, 0) is 0 Å². The minimum atomic E-state index is -0.407. The zero-order valence-corrected chi connectivity index (χ0v) is 11.0. The number of halogens is 1. The van der Waals surface area contributed by atoms with Gasteiger partial charge in [-0.3, -0.25) is 14.5 Å². The van der Waals surface area contributed by atoms with Gasteiger partial charge in [-0.1, -0.05) is 12.1 Å². The van der Waals surface area contributed by atoms with Gasteiger partial charge in [0.1, 0.15) is 5.83 Å². The molecule has 2 aliphatic heterocycles. The Kier molecular flexibility index (Phi) is 3.36. The molecule has 3 rings (SSSR count). The van der Waals surface area contributed by atoms with Crippen LogP contribution in [0, 0.1) is 0 Å². The molecule has 0 aromatic heterocycles. The second kappa shape index (κ2) is 5.17. The summed E-state index contributed by atoms with van der Waals surface area (Å²) < 4.78 is 14.2. The number of hydrogen-bond acceptors (Lipinski definition) is 3. The molecule has 2 heterocycles. The van der Waals surface area contributed by atoms with Crippen LogP contribution in [-0.4, -0.2) is 36.3 Å². The second-order valence-electron chi connectivity index (χ2n) is 5.00. The van der Waals surface area contributed by atoms with Crippen LogP contribution in [0.25, 0.3) is 0 Å². The van der Waals surface area contributed by atoms with Gasteiger partial charge >= 0.3 is 0 Å². The normalized spacial score (nSPS) is 18.4. The average Bonchev–Trinajstić information content (AvgIpc) is 2.74. The lowest BCUT2D eigenvalue weighted by Gasteiger charge is -2.19. The predicted molar refractivity (Wildman–Crippen MR) is 72.0 cm³/mol. The maximum absolute atomic E-state index is 14.2. The second-order valence-corrected chi connectivity index (χ2v) is 5.00. The molecule has 0 aliphatic carbocycles. The van der Waals surface area contributed by atoms with Gasteiger partial charge in [-0.05, 0) is 43.6 Å². The number of nitrogens with one attached hydrogen (secondary N) is 1. The molecule has 0 saturated carbocycles. The van der Waals surface area contributed by atoms with E-state index in [0.717, 1.165) is 18.0 Å². The standard InChI is InChI=1S/C15H15FN2O2/c16-13(10-5-7-17-8-6-10)9-18-14(19)11-3-1-2-4-12(11)15(18)20/h1-4,17H,5-9H2. The van der Waals surface area contributed by atoms with Gasteiger partial charge in [0.25, 0.3) is 11.8 Å². The highest BCUT2D eigenvalue weighted by Crippen LogP contribution is 2.25. The van der Waals surface area contributed by atoms with Crippen LogP contribution in [0.5, 0.6) is 0 Å². The van der Waals surface area contributed by atoms with Crippen molar-refractivity contribution in [3.8, 4) is 0 Å². The summed E-state index contributed by atoms with van der Waals surface area (Å²) in [5.74, 6) is -1.16. The van der Waals surface area contributed by atoms with E-state index in [2.05, 4.69) is 5.32 Å². The molecule has 20 heavy (non-hydrogen) atoms. The summed E-state index contributed by atoms with van der Waals surface area (Å²) in [7, 11) is 0. The first kappa shape index (κ1) is 13.0. The highest BCUT2D eigenvalue weighted by molar-refractivity contribution is 6.21. The van der Waals surface area contributed by atoms with Gasteiger partial charge in [-0.15, -0.1) is 0 Å². The van der Waals surface area contributed by atoms with E-state index in [-0.39, 0.29) is 12.4 Å². The third kappa shape index (κ3) is 2.14. The third-order valence-corrected chi connectivity index (χ3v) is 3.77. The summed E-state index contributed by atoms with van der Waals surface area (Å²) in [6.45, 7) is 1.23. The van der Waals surface area contributed by atoms with Crippen molar-refractivity contribution in [2.75, 3.05) is 19.6 Å². The first-order valence-corrected chi connectivity index (χ1v) is 6.71. The SMILES string of the molecule is O=C1c2ccccc2C(=O)N1CC(F)=C1CCNCC1. The Morgan fingerprint density at radius 1 is 1.10 bits per heavy atom. The van der Waals surface area contributed by atoms with Crippen LogP contribution in [0.15, 0.2) is 35.7 Å². The van der Waals surface area contributed by atoms with Crippen molar-refractivity contribution in [3.63, 3.8) is 0 Å². The van der Waals surface area contributed by atoms with Crippen LogP contribution in [0.1, 0.15) is 33.6 Å². The Bertz CT molecular complexity index is 567. The molecule has 1 N–H and O–H groups in total. The number of carbonyl (C=O) groups is 2.